The molecule has 0 saturated carbocycles. The van der Waals surface area contributed by atoms with E-state index in [-0.39, 0.29) is 10.8 Å². The van der Waals surface area contributed by atoms with Crippen LogP contribution in [0.2, 0.25) is 0 Å². The maximum atomic E-state index is 11.4. The van der Waals surface area contributed by atoms with Crippen molar-refractivity contribution in [3.05, 3.63) is 0 Å². The van der Waals surface area contributed by atoms with E-state index in [1.165, 1.54) is 32.1 Å². The van der Waals surface area contributed by atoms with E-state index in [1.54, 1.807) is 0 Å². The summed E-state index contributed by atoms with van der Waals surface area (Å²) in [4.78, 5) is 11.3. The zero-order chi connectivity index (χ0) is 12.2. The van der Waals surface area contributed by atoms with E-state index >= 15 is 0 Å². The molecule has 1 atom stereocenters. The Bertz CT molecular complexity index is 171. The van der Waals surface area contributed by atoms with Gasteiger partial charge in [-0.3, -0.25) is 4.79 Å². The second-order valence-electron chi connectivity index (χ2n) is 4.19. The normalized spacial score (nSPS) is 12.4. The molecule has 0 amide bonds. The van der Waals surface area contributed by atoms with Gasteiger partial charge in [-0.15, -0.1) is 0 Å². The smallest absolute Gasteiger partial charge is 0.319 e. The van der Waals surface area contributed by atoms with Gasteiger partial charge in [-0.25, -0.2) is 0 Å². The van der Waals surface area contributed by atoms with Crippen molar-refractivity contribution in [1.82, 2.24) is 0 Å². The highest BCUT2D eigenvalue weighted by Gasteiger charge is 2.14. The molecule has 0 aromatic carbocycles. The van der Waals surface area contributed by atoms with E-state index in [4.69, 9.17) is 4.74 Å². The lowest BCUT2D eigenvalue weighted by Gasteiger charge is -2.08. The van der Waals surface area contributed by atoms with Gasteiger partial charge in [-0.1, -0.05) is 68.3 Å². The highest BCUT2D eigenvalue weighted by Crippen LogP contribution is 2.10. The van der Waals surface area contributed by atoms with E-state index < -0.39 is 0 Å². The first-order chi connectivity index (χ1) is 7.72. The van der Waals surface area contributed by atoms with Crippen molar-refractivity contribution in [1.29, 1.82) is 0 Å². The average molecular weight is 293 g/mol. The van der Waals surface area contributed by atoms with E-state index in [1.807, 2.05) is 0 Å². The fraction of sp³-hybridized carbons (Fsp3) is 0.923. The molecule has 0 bridgehead atoms. The van der Waals surface area contributed by atoms with Gasteiger partial charge in [0, 0.05) is 0 Å². The molecule has 0 aliphatic heterocycles. The summed E-state index contributed by atoms with van der Waals surface area (Å²) in [5.41, 5.74) is 0. The van der Waals surface area contributed by atoms with Crippen LogP contribution >= 0.6 is 15.9 Å². The SMILES string of the molecule is CCCCCCCCOC(=O)C(Br)CCC. The summed E-state index contributed by atoms with van der Waals surface area (Å²) in [5.74, 6) is -0.101. The maximum Gasteiger partial charge on any atom is 0.319 e. The number of carbonyl (C=O) groups is 1. The number of unbranched alkanes of at least 4 members (excludes halogenated alkanes) is 5. The van der Waals surface area contributed by atoms with E-state index in [0.29, 0.717) is 6.61 Å². The Hall–Kier alpha value is -0.0500. The lowest BCUT2D eigenvalue weighted by molar-refractivity contribution is -0.143. The van der Waals surface area contributed by atoms with E-state index in [0.717, 1.165) is 19.3 Å². The molecule has 16 heavy (non-hydrogen) atoms. The van der Waals surface area contributed by atoms with Crippen molar-refractivity contribution < 1.29 is 9.53 Å². The summed E-state index contributed by atoms with van der Waals surface area (Å²) in [7, 11) is 0. The molecule has 0 heterocycles. The van der Waals surface area contributed by atoms with Crippen LogP contribution in [-0.2, 0) is 9.53 Å². The van der Waals surface area contributed by atoms with Gasteiger partial charge in [0.15, 0.2) is 0 Å². The van der Waals surface area contributed by atoms with Gasteiger partial charge in [0.25, 0.3) is 0 Å². The molecule has 0 radical (unpaired) electrons. The molecule has 0 aromatic heterocycles. The van der Waals surface area contributed by atoms with Crippen molar-refractivity contribution >= 4 is 21.9 Å². The maximum absolute atomic E-state index is 11.4. The monoisotopic (exact) mass is 292 g/mol. The van der Waals surface area contributed by atoms with Crippen LogP contribution in [0.1, 0.15) is 65.2 Å². The molecule has 2 nitrogen and oxygen atoms in total. The lowest BCUT2D eigenvalue weighted by Crippen LogP contribution is -2.17. The third-order valence-corrected chi connectivity index (χ3v) is 3.37. The second kappa shape index (κ2) is 11.4. The molecular formula is C13H25BrO2. The van der Waals surface area contributed by atoms with Gasteiger partial charge < -0.3 is 4.74 Å². The topological polar surface area (TPSA) is 26.3 Å². The highest BCUT2D eigenvalue weighted by atomic mass is 79.9. The molecule has 0 aliphatic rings. The summed E-state index contributed by atoms with van der Waals surface area (Å²) in [6.07, 6.45) is 9.20. The molecule has 0 saturated heterocycles. The quantitative estimate of drug-likeness (QED) is 0.338. The van der Waals surface area contributed by atoms with Crippen LogP contribution in [0.5, 0.6) is 0 Å². The zero-order valence-electron chi connectivity index (χ0n) is 10.6. The number of hydrogen-bond acceptors (Lipinski definition) is 2. The summed E-state index contributed by atoms with van der Waals surface area (Å²) >= 11 is 3.33. The van der Waals surface area contributed by atoms with Crippen LogP contribution in [0.3, 0.4) is 0 Å². The van der Waals surface area contributed by atoms with Crippen molar-refractivity contribution in [2.45, 2.75) is 70.0 Å². The Labute approximate surface area is 108 Å². The van der Waals surface area contributed by atoms with Gasteiger partial charge in [0.05, 0.1) is 6.61 Å². The predicted molar refractivity (Wildman–Crippen MR) is 72.0 cm³/mol. The van der Waals surface area contributed by atoms with Crippen LogP contribution in [0.4, 0.5) is 0 Å². The number of carbonyl (C=O) groups excluding carboxylic acids is 1. The third-order valence-electron chi connectivity index (χ3n) is 2.54. The Morgan fingerprint density at radius 2 is 1.69 bits per heavy atom. The first-order valence-electron chi connectivity index (χ1n) is 6.53. The number of esters is 1. The largest absolute Gasteiger partial charge is 0.465 e. The number of rotatable bonds is 10. The zero-order valence-corrected chi connectivity index (χ0v) is 12.2. The van der Waals surface area contributed by atoms with Crippen molar-refractivity contribution in [3.8, 4) is 0 Å². The average Bonchev–Trinajstić information content (AvgIpc) is 2.28. The van der Waals surface area contributed by atoms with Crippen LogP contribution < -0.4 is 0 Å². The van der Waals surface area contributed by atoms with Gasteiger partial charge in [0.1, 0.15) is 4.83 Å². The summed E-state index contributed by atoms with van der Waals surface area (Å²) in [6.45, 7) is 4.86. The van der Waals surface area contributed by atoms with Gasteiger partial charge in [-0.2, -0.15) is 0 Å². The van der Waals surface area contributed by atoms with Crippen molar-refractivity contribution in [3.63, 3.8) is 0 Å². The first-order valence-corrected chi connectivity index (χ1v) is 7.44. The molecule has 0 rings (SSSR count). The predicted octanol–water partition coefficient (Wildman–Crippen LogP) is 4.45. The Morgan fingerprint density at radius 3 is 2.31 bits per heavy atom. The first kappa shape index (κ1) is 16.0. The molecule has 0 aromatic rings. The number of hydrogen-bond donors (Lipinski definition) is 0. The minimum absolute atomic E-state index is 0.101. The Kier molecular flexibility index (Phi) is 11.4. The van der Waals surface area contributed by atoms with Gasteiger partial charge >= 0.3 is 5.97 Å². The van der Waals surface area contributed by atoms with Crippen molar-refractivity contribution in [2.75, 3.05) is 6.61 Å². The van der Waals surface area contributed by atoms with E-state index in [2.05, 4.69) is 29.8 Å². The number of ether oxygens (including phenoxy) is 1. The van der Waals surface area contributed by atoms with Crippen LogP contribution in [-0.4, -0.2) is 17.4 Å². The fourth-order valence-corrected chi connectivity index (χ4v) is 2.11. The third kappa shape index (κ3) is 9.20. The summed E-state index contributed by atoms with van der Waals surface area (Å²) in [5, 5.41) is 0. The minimum Gasteiger partial charge on any atom is -0.465 e. The molecule has 0 fully saturated rings. The second-order valence-corrected chi connectivity index (χ2v) is 5.30. The van der Waals surface area contributed by atoms with Crippen LogP contribution in [0.25, 0.3) is 0 Å². The molecule has 0 N–H and O–H groups in total. The lowest BCUT2D eigenvalue weighted by atomic mass is 10.1. The summed E-state index contributed by atoms with van der Waals surface area (Å²) in [6, 6.07) is 0. The molecule has 3 heteroatoms. The van der Waals surface area contributed by atoms with Crippen LogP contribution in [0, 0.1) is 0 Å². The van der Waals surface area contributed by atoms with E-state index in [9.17, 15) is 4.79 Å². The standard InChI is InChI=1S/C13H25BrO2/c1-3-5-6-7-8-9-11-16-13(15)12(14)10-4-2/h12H,3-11H2,1-2H3. The van der Waals surface area contributed by atoms with Gasteiger partial charge in [0.2, 0.25) is 0 Å². The number of alkyl halides is 1. The molecule has 1 unspecified atom stereocenters. The summed E-state index contributed by atoms with van der Waals surface area (Å²) < 4.78 is 5.18. The molecular weight excluding hydrogens is 268 g/mol. The fourth-order valence-electron chi connectivity index (χ4n) is 1.52. The Morgan fingerprint density at radius 1 is 1.06 bits per heavy atom. The molecule has 0 aliphatic carbocycles. The van der Waals surface area contributed by atoms with Crippen LogP contribution in [0.15, 0.2) is 0 Å². The molecule has 0 spiro atoms. The Balaban J connectivity index is 3.27. The minimum atomic E-state index is -0.113. The number of halogens is 1. The molecule has 96 valence electrons. The highest BCUT2D eigenvalue weighted by molar-refractivity contribution is 9.10. The van der Waals surface area contributed by atoms with Gasteiger partial charge in [-0.05, 0) is 12.8 Å². The van der Waals surface area contributed by atoms with Crippen molar-refractivity contribution in [2.24, 2.45) is 0 Å².